The van der Waals surface area contributed by atoms with Crippen molar-refractivity contribution in [3.05, 3.63) is 20.8 Å². The minimum absolute atomic E-state index is 0.0379. The van der Waals surface area contributed by atoms with Crippen molar-refractivity contribution in [1.29, 1.82) is 0 Å². The Balaban J connectivity index is 2.20. The summed E-state index contributed by atoms with van der Waals surface area (Å²) in [5.74, 6) is 0.607. The van der Waals surface area contributed by atoms with Crippen molar-refractivity contribution in [2.45, 2.75) is 45.8 Å². The second-order valence-corrected chi connectivity index (χ2v) is 8.26. The molecule has 0 aromatic carbocycles. The Morgan fingerprint density at radius 2 is 2.00 bits per heavy atom. The minimum atomic E-state index is -0.0460. The molecule has 0 saturated heterocycles. The molecule has 126 valence electrons. The molecule has 1 atom stereocenters. The predicted octanol–water partition coefficient (Wildman–Crippen LogP) is 2.86. The van der Waals surface area contributed by atoms with Gasteiger partial charge in [0.15, 0.2) is 5.16 Å². The van der Waals surface area contributed by atoms with Crippen LogP contribution in [0.25, 0.3) is 10.2 Å². The topological polar surface area (TPSA) is 64.0 Å². The van der Waals surface area contributed by atoms with Crippen LogP contribution in [-0.4, -0.2) is 27.3 Å². The van der Waals surface area contributed by atoms with Gasteiger partial charge in [0.2, 0.25) is 5.91 Å². The van der Waals surface area contributed by atoms with Gasteiger partial charge in [0.25, 0.3) is 5.56 Å². The second kappa shape index (κ2) is 7.05. The van der Waals surface area contributed by atoms with E-state index in [9.17, 15) is 9.59 Å². The summed E-state index contributed by atoms with van der Waals surface area (Å²) in [4.78, 5) is 30.9. The molecule has 2 heterocycles. The number of nitrogens with one attached hydrogen (secondary N) is 1. The molecule has 0 aliphatic carbocycles. The van der Waals surface area contributed by atoms with Crippen LogP contribution in [0, 0.1) is 19.8 Å². The summed E-state index contributed by atoms with van der Waals surface area (Å²) in [5, 5.41) is 4.23. The smallest absolute Gasteiger partial charge is 0.262 e. The number of rotatable bonds is 5. The van der Waals surface area contributed by atoms with Crippen molar-refractivity contribution in [2.24, 2.45) is 13.0 Å². The lowest BCUT2D eigenvalue weighted by molar-refractivity contribution is -0.119. The molecule has 0 spiro atoms. The molecule has 1 unspecified atom stereocenters. The third kappa shape index (κ3) is 3.77. The zero-order valence-electron chi connectivity index (χ0n) is 14.4. The van der Waals surface area contributed by atoms with Gasteiger partial charge in [0, 0.05) is 18.0 Å². The molecule has 0 aliphatic rings. The van der Waals surface area contributed by atoms with Crippen molar-refractivity contribution in [3.8, 4) is 0 Å². The first-order valence-electron chi connectivity index (χ1n) is 7.61. The molecule has 0 fully saturated rings. The molecule has 2 aromatic heterocycles. The molecule has 0 radical (unpaired) electrons. The van der Waals surface area contributed by atoms with Crippen LogP contribution in [0.1, 0.15) is 31.2 Å². The molecular weight excluding hydrogens is 330 g/mol. The summed E-state index contributed by atoms with van der Waals surface area (Å²) in [6, 6.07) is 0.130. The quantitative estimate of drug-likeness (QED) is 0.663. The van der Waals surface area contributed by atoms with Gasteiger partial charge in [-0.1, -0.05) is 25.6 Å². The van der Waals surface area contributed by atoms with Crippen LogP contribution < -0.4 is 10.9 Å². The van der Waals surface area contributed by atoms with Crippen molar-refractivity contribution < 1.29 is 4.79 Å². The van der Waals surface area contributed by atoms with E-state index >= 15 is 0 Å². The normalized spacial score (nSPS) is 12.8. The highest BCUT2D eigenvalue weighted by molar-refractivity contribution is 7.99. The molecule has 0 aliphatic heterocycles. The molecule has 5 nitrogen and oxygen atoms in total. The Morgan fingerprint density at radius 3 is 2.61 bits per heavy atom. The number of thiophene rings is 1. The first-order chi connectivity index (χ1) is 10.7. The molecule has 7 heteroatoms. The summed E-state index contributed by atoms with van der Waals surface area (Å²) < 4.78 is 1.53. The standard InChI is InChI=1S/C16H23N3O2S2/c1-8(2)10(4)17-12(20)7-22-16-18-14-13(15(21)19(16)6)9(3)11(5)23-14/h8,10H,7H2,1-6H3,(H,17,20). The van der Waals surface area contributed by atoms with Gasteiger partial charge in [0.05, 0.1) is 11.1 Å². The van der Waals surface area contributed by atoms with Gasteiger partial charge < -0.3 is 5.32 Å². The van der Waals surface area contributed by atoms with E-state index in [1.807, 2.05) is 20.8 Å². The summed E-state index contributed by atoms with van der Waals surface area (Å²) in [5.41, 5.74) is 0.952. The molecule has 1 amide bonds. The van der Waals surface area contributed by atoms with E-state index in [0.29, 0.717) is 16.5 Å². The van der Waals surface area contributed by atoms with Gasteiger partial charge in [0.1, 0.15) is 4.83 Å². The van der Waals surface area contributed by atoms with Gasteiger partial charge in [-0.2, -0.15) is 0 Å². The van der Waals surface area contributed by atoms with Crippen LogP contribution in [0.3, 0.4) is 0 Å². The highest BCUT2D eigenvalue weighted by atomic mass is 32.2. The Kier molecular flexibility index (Phi) is 5.52. The van der Waals surface area contributed by atoms with Crippen molar-refractivity contribution in [1.82, 2.24) is 14.9 Å². The van der Waals surface area contributed by atoms with Crippen molar-refractivity contribution >= 4 is 39.2 Å². The van der Waals surface area contributed by atoms with E-state index in [-0.39, 0.29) is 23.3 Å². The molecule has 1 N–H and O–H groups in total. The number of aromatic nitrogens is 2. The summed E-state index contributed by atoms with van der Waals surface area (Å²) in [6.45, 7) is 10.1. The summed E-state index contributed by atoms with van der Waals surface area (Å²) >= 11 is 2.83. The fraction of sp³-hybridized carbons (Fsp3) is 0.562. The van der Waals surface area contributed by atoms with E-state index in [1.165, 1.54) is 27.7 Å². The van der Waals surface area contributed by atoms with E-state index in [1.54, 1.807) is 7.05 Å². The Hall–Kier alpha value is -1.34. The number of hydrogen-bond donors (Lipinski definition) is 1. The third-order valence-electron chi connectivity index (χ3n) is 4.09. The number of fused-ring (bicyclic) bond motifs is 1. The van der Waals surface area contributed by atoms with Crippen molar-refractivity contribution in [3.63, 3.8) is 0 Å². The number of aryl methyl sites for hydroxylation is 2. The maximum Gasteiger partial charge on any atom is 0.262 e. The molecule has 2 rings (SSSR count). The summed E-state index contributed by atoms with van der Waals surface area (Å²) in [7, 11) is 1.71. The first kappa shape index (κ1) is 18.0. The van der Waals surface area contributed by atoms with Crippen LogP contribution in [-0.2, 0) is 11.8 Å². The zero-order valence-corrected chi connectivity index (χ0v) is 16.0. The van der Waals surface area contributed by atoms with Crippen LogP contribution in [0.5, 0.6) is 0 Å². The lowest BCUT2D eigenvalue weighted by atomic mass is 10.1. The van der Waals surface area contributed by atoms with E-state index in [4.69, 9.17) is 0 Å². The first-order valence-corrected chi connectivity index (χ1v) is 9.41. The largest absolute Gasteiger partial charge is 0.353 e. The molecular formula is C16H23N3O2S2. The van der Waals surface area contributed by atoms with Gasteiger partial charge >= 0.3 is 0 Å². The maximum atomic E-state index is 12.5. The van der Waals surface area contributed by atoms with Gasteiger partial charge in [-0.05, 0) is 32.3 Å². The van der Waals surface area contributed by atoms with Crippen LogP contribution >= 0.6 is 23.1 Å². The fourth-order valence-electron chi connectivity index (χ4n) is 2.08. The molecule has 0 saturated carbocycles. The van der Waals surface area contributed by atoms with Crippen LogP contribution in [0.15, 0.2) is 9.95 Å². The maximum absolute atomic E-state index is 12.5. The number of thioether (sulfide) groups is 1. The van der Waals surface area contributed by atoms with E-state index < -0.39 is 0 Å². The Morgan fingerprint density at radius 1 is 1.35 bits per heavy atom. The number of carbonyl (C=O) groups is 1. The molecule has 0 bridgehead atoms. The molecule has 23 heavy (non-hydrogen) atoms. The fourth-order valence-corrected chi connectivity index (χ4v) is 3.93. The summed E-state index contributed by atoms with van der Waals surface area (Å²) in [6.07, 6.45) is 0. The number of carbonyl (C=O) groups excluding carboxylic acids is 1. The van der Waals surface area contributed by atoms with Gasteiger partial charge in [-0.3, -0.25) is 14.2 Å². The monoisotopic (exact) mass is 353 g/mol. The number of hydrogen-bond acceptors (Lipinski definition) is 5. The SMILES string of the molecule is Cc1sc2nc(SCC(=O)NC(C)C(C)C)n(C)c(=O)c2c1C. The zero-order chi connectivity index (χ0) is 17.3. The van der Waals surface area contributed by atoms with Gasteiger partial charge in [-0.25, -0.2) is 4.98 Å². The van der Waals surface area contributed by atoms with Gasteiger partial charge in [-0.15, -0.1) is 11.3 Å². The van der Waals surface area contributed by atoms with E-state index in [2.05, 4.69) is 24.1 Å². The van der Waals surface area contributed by atoms with Crippen molar-refractivity contribution in [2.75, 3.05) is 5.75 Å². The predicted molar refractivity (Wildman–Crippen MR) is 97.5 cm³/mol. The lowest BCUT2D eigenvalue weighted by Crippen LogP contribution is -2.37. The highest BCUT2D eigenvalue weighted by Gasteiger charge is 2.16. The van der Waals surface area contributed by atoms with Crippen LogP contribution in [0.4, 0.5) is 0 Å². The van der Waals surface area contributed by atoms with E-state index in [0.717, 1.165) is 15.3 Å². The Bertz CT molecular complexity index is 793. The average molecular weight is 354 g/mol. The highest BCUT2D eigenvalue weighted by Crippen LogP contribution is 2.27. The molecule has 2 aromatic rings. The third-order valence-corrected chi connectivity index (χ3v) is 6.22. The average Bonchev–Trinajstić information content (AvgIpc) is 2.76. The number of amides is 1. The minimum Gasteiger partial charge on any atom is -0.353 e. The number of nitrogens with zero attached hydrogens (tertiary/aromatic N) is 2. The Labute approximate surface area is 144 Å². The second-order valence-electron chi connectivity index (χ2n) is 6.11. The lowest BCUT2D eigenvalue weighted by Gasteiger charge is -2.17. The van der Waals surface area contributed by atoms with Crippen LogP contribution in [0.2, 0.25) is 0 Å².